The summed E-state index contributed by atoms with van der Waals surface area (Å²) in [5.74, 6) is 5.18. The Morgan fingerprint density at radius 2 is 2.26 bits per heavy atom. The molecule has 1 saturated heterocycles. The lowest BCUT2D eigenvalue weighted by molar-refractivity contribution is -0.126. The number of amides is 2. The van der Waals surface area contributed by atoms with Crippen LogP contribution in [0.15, 0.2) is 22.7 Å². The van der Waals surface area contributed by atoms with Crippen LogP contribution in [-0.4, -0.2) is 36.4 Å². The standard InChI is InChI=1S/C16H22BrN3O3/c1-2-8-23-14-6-5-12(17)9-13(14)16(22)20-7-3-4-11(10-20)15(21)19-18/h5-6,9,11H,2-4,7-8,10,18H2,1H3,(H,19,21). The van der Waals surface area contributed by atoms with E-state index < -0.39 is 0 Å². The maximum atomic E-state index is 12.9. The average molecular weight is 384 g/mol. The first-order chi connectivity index (χ1) is 11.1. The van der Waals surface area contributed by atoms with E-state index in [-0.39, 0.29) is 17.7 Å². The summed E-state index contributed by atoms with van der Waals surface area (Å²) in [4.78, 5) is 26.3. The molecule has 2 rings (SSSR count). The number of piperidine rings is 1. The van der Waals surface area contributed by atoms with Gasteiger partial charge >= 0.3 is 0 Å². The summed E-state index contributed by atoms with van der Waals surface area (Å²) < 4.78 is 6.50. The number of likely N-dealkylation sites (tertiary alicyclic amines) is 1. The number of benzene rings is 1. The largest absolute Gasteiger partial charge is 0.493 e. The predicted molar refractivity (Wildman–Crippen MR) is 90.9 cm³/mol. The minimum absolute atomic E-state index is 0.119. The van der Waals surface area contributed by atoms with Gasteiger partial charge in [0.2, 0.25) is 5.91 Å². The monoisotopic (exact) mass is 383 g/mol. The molecule has 23 heavy (non-hydrogen) atoms. The Labute approximate surface area is 144 Å². The van der Waals surface area contributed by atoms with Crippen molar-refractivity contribution in [1.29, 1.82) is 0 Å². The van der Waals surface area contributed by atoms with Gasteiger partial charge in [0.15, 0.2) is 0 Å². The average Bonchev–Trinajstić information content (AvgIpc) is 2.59. The van der Waals surface area contributed by atoms with Crippen LogP contribution in [0, 0.1) is 5.92 Å². The van der Waals surface area contributed by atoms with Gasteiger partial charge in [-0.1, -0.05) is 22.9 Å². The molecule has 0 aromatic heterocycles. The van der Waals surface area contributed by atoms with E-state index in [1.165, 1.54) is 0 Å². The van der Waals surface area contributed by atoms with Crippen LogP contribution in [0.4, 0.5) is 0 Å². The van der Waals surface area contributed by atoms with Gasteiger partial charge in [-0.15, -0.1) is 0 Å². The molecule has 1 atom stereocenters. The molecule has 0 spiro atoms. The van der Waals surface area contributed by atoms with E-state index in [0.717, 1.165) is 23.7 Å². The van der Waals surface area contributed by atoms with Crippen LogP contribution in [0.5, 0.6) is 5.75 Å². The molecule has 1 aliphatic heterocycles. The highest BCUT2D eigenvalue weighted by Gasteiger charge is 2.29. The summed E-state index contributed by atoms with van der Waals surface area (Å²) in [6, 6.07) is 5.41. The van der Waals surface area contributed by atoms with Crippen molar-refractivity contribution in [2.75, 3.05) is 19.7 Å². The van der Waals surface area contributed by atoms with Gasteiger partial charge in [0.05, 0.1) is 18.1 Å². The van der Waals surface area contributed by atoms with Gasteiger partial charge < -0.3 is 9.64 Å². The lowest BCUT2D eigenvalue weighted by atomic mass is 9.96. The van der Waals surface area contributed by atoms with Crippen molar-refractivity contribution < 1.29 is 14.3 Å². The number of rotatable bonds is 5. The molecule has 7 heteroatoms. The Morgan fingerprint density at radius 1 is 1.48 bits per heavy atom. The number of halogens is 1. The van der Waals surface area contributed by atoms with Crippen LogP contribution in [0.1, 0.15) is 36.5 Å². The number of carbonyl (C=O) groups excluding carboxylic acids is 2. The number of hydrazine groups is 1. The highest BCUT2D eigenvalue weighted by atomic mass is 79.9. The first-order valence-electron chi connectivity index (χ1n) is 7.79. The molecule has 1 unspecified atom stereocenters. The molecule has 0 saturated carbocycles. The van der Waals surface area contributed by atoms with Gasteiger partial charge in [-0.05, 0) is 37.5 Å². The smallest absolute Gasteiger partial charge is 0.257 e. The lowest BCUT2D eigenvalue weighted by Gasteiger charge is -2.32. The van der Waals surface area contributed by atoms with E-state index >= 15 is 0 Å². The first kappa shape index (κ1) is 17.7. The van der Waals surface area contributed by atoms with Crippen LogP contribution in [0.2, 0.25) is 0 Å². The van der Waals surface area contributed by atoms with Gasteiger partial charge in [0.25, 0.3) is 5.91 Å². The number of nitrogens with zero attached hydrogens (tertiary/aromatic N) is 1. The fourth-order valence-corrected chi connectivity index (χ4v) is 3.03. The molecule has 0 aliphatic carbocycles. The minimum atomic E-state index is -0.259. The van der Waals surface area contributed by atoms with Crippen LogP contribution < -0.4 is 16.0 Å². The molecule has 2 amide bonds. The second-order valence-corrected chi connectivity index (χ2v) is 6.50. The lowest BCUT2D eigenvalue weighted by Crippen LogP contribution is -2.47. The molecule has 6 nitrogen and oxygen atoms in total. The second-order valence-electron chi connectivity index (χ2n) is 5.59. The third-order valence-electron chi connectivity index (χ3n) is 3.86. The summed E-state index contributed by atoms with van der Waals surface area (Å²) >= 11 is 3.40. The SMILES string of the molecule is CCCOc1ccc(Br)cc1C(=O)N1CCCC(C(=O)NN)C1. The molecule has 1 fully saturated rings. The Bertz CT molecular complexity index is 580. The van der Waals surface area contributed by atoms with Gasteiger partial charge in [-0.25, -0.2) is 5.84 Å². The number of hydrogen-bond donors (Lipinski definition) is 2. The molecular weight excluding hydrogens is 362 g/mol. The predicted octanol–water partition coefficient (Wildman–Crippen LogP) is 2.08. The minimum Gasteiger partial charge on any atom is -0.493 e. The third kappa shape index (κ3) is 4.45. The molecule has 1 aliphatic rings. The van der Waals surface area contributed by atoms with E-state index in [1.54, 1.807) is 17.0 Å². The van der Waals surface area contributed by atoms with Crippen molar-refractivity contribution in [2.45, 2.75) is 26.2 Å². The zero-order valence-corrected chi connectivity index (χ0v) is 14.8. The third-order valence-corrected chi connectivity index (χ3v) is 4.35. The van der Waals surface area contributed by atoms with E-state index in [1.807, 2.05) is 13.0 Å². The van der Waals surface area contributed by atoms with Crippen LogP contribution >= 0.6 is 15.9 Å². The Balaban J connectivity index is 2.18. The topological polar surface area (TPSA) is 84.7 Å². The van der Waals surface area contributed by atoms with Crippen molar-refractivity contribution in [3.8, 4) is 5.75 Å². The van der Waals surface area contributed by atoms with Crippen molar-refractivity contribution in [1.82, 2.24) is 10.3 Å². The van der Waals surface area contributed by atoms with Crippen LogP contribution in [0.25, 0.3) is 0 Å². The normalized spacial score (nSPS) is 17.7. The second kappa shape index (κ2) is 8.31. The summed E-state index contributed by atoms with van der Waals surface area (Å²) in [7, 11) is 0. The molecule has 0 bridgehead atoms. The summed E-state index contributed by atoms with van der Waals surface area (Å²) in [5, 5.41) is 0. The molecule has 1 heterocycles. The first-order valence-corrected chi connectivity index (χ1v) is 8.58. The Morgan fingerprint density at radius 3 is 2.96 bits per heavy atom. The number of ether oxygens (including phenoxy) is 1. The molecule has 0 radical (unpaired) electrons. The van der Waals surface area contributed by atoms with Crippen molar-refractivity contribution in [3.63, 3.8) is 0 Å². The van der Waals surface area contributed by atoms with Crippen molar-refractivity contribution in [2.24, 2.45) is 11.8 Å². The van der Waals surface area contributed by atoms with Gasteiger partial charge in [-0.3, -0.25) is 15.0 Å². The molecule has 1 aromatic rings. The summed E-state index contributed by atoms with van der Waals surface area (Å²) in [6.07, 6.45) is 2.39. The fraction of sp³-hybridized carbons (Fsp3) is 0.500. The summed E-state index contributed by atoms with van der Waals surface area (Å²) in [5.41, 5.74) is 2.69. The quantitative estimate of drug-likeness (QED) is 0.463. The number of nitrogens with two attached hydrogens (primary N) is 1. The van der Waals surface area contributed by atoms with Gasteiger partial charge in [0.1, 0.15) is 5.75 Å². The summed E-state index contributed by atoms with van der Waals surface area (Å²) in [6.45, 7) is 3.58. The van der Waals surface area contributed by atoms with E-state index in [4.69, 9.17) is 10.6 Å². The molecule has 126 valence electrons. The Kier molecular flexibility index (Phi) is 6.41. The Hall–Kier alpha value is -1.60. The van der Waals surface area contributed by atoms with E-state index in [9.17, 15) is 9.59 Å². The van der Waals surface area contributed by atoms with Crippen LogP contribution in [-0.2, 0) is 4.79 Å². The van der Waals surface area contributed by atoms with Crippen molar-refractivity contribution in [3.05, 3.63) is 28.2 Å². The highest BCUT2D eigenvalue weighted by molar-refractivity contribution is 9.10. The number of hydrogen-bond acceptors (Lipinski definition) is 4. The molecular formula is C16H22BrN3O3. The van der Waals surface area contributed by atoms with Gasteiger partial charge in [0, 0.05) is 17.6 Å². The zero-order valence-electron chi connectivity index (χ0n) is 13.2. The van der Waals surface area contributed by atoms with Crippen LogP contribution in [0.3, 0.4) is 0 Å². The van der Waals surface area contributed by atoms with E-state index in [0.29, 0.717) is 31.0 Å². The number of carbonyl (C=O) groups is 2. The van der Waals surface area contributed by atoms with Gasteiger partial charge in [-0.2, -0.15) is 0 Å². The maximum absolute atomic E-state index is 12.9. The zero-order chi connectivity index (χ0) is 16.8. The fourth-order valence-electron chi connectivity index (χ4n) is 2.67. The number of nitrogens with one attached hydrogen (secondary N) is 1. The van der Waals surface area contributed by atoms with E-state index in [2.05, 4.69) is 21.4 Å². The maximum Gasteiger partial charge on any atom is 0.257 e. The molecule has 1 aromatic carbocycles. The highest BCUT2D eigenvalue weighted by Crippen LogP contribution is 2.27. The molecule has 3 N–H and O–H groups in total. The van der Waals surface area contributed by atoms with Crippen molar-refractivity contribution >= 4 is 27.7 Å².